The predicted molar refractivity (Wildman–Crippen MR) is 76.0 cm³/mol. The first-order chi connectivity index (χ1) is 8.84. The van der Waals surface area contributed by atoms with Crippen LogP contribution in [0.3, 0.4) is 0 Å². The minimum atomic E-state index is 0.731. The molecule has 0 spiro atoms. The van der Waals surface area contributed by atoms with Gasteiger partial charge in [0.1, 0.15) is 0 Å². The molecule has 1 saturated heterocycles. The number of rotatable bonds is 4. The van der Waals surface area contributed by atoms with Gasteiger partial charge in [-0.3, -0.25) is 0 Å². The smallest absolute Gasteiger partial charge is 0.0419 e. The summed E-state index contributed by atoms with van der Waals surface area (Å²) >= 11 is 0. The Balaban J connectivity index is 1.56. The Labute approximate surface area is 110 Å². The zero-order valence-electron chi connectivity index (χ0n) is 11.2. The Morgan fingerprint density at radius 1 is 1.44 bits per heavy atom. The highest BCUT2D eigenvalue weighted by Crippen LogP contribution is 2.26. The molecule has 2 heterocycles. The number of likely N-dealkylation sites (N-methyl/N-ethyl adjacent to an activating group) is 1. The van der Waals surface area contributed by atoms with Crippen LogP contribution in [0.25, 0.3) is 0 Å². The molecule has 2 N–H and O–H groups in total. The number of para-hydroxylation sites is 1. The van der Waals surface area contributed by atoms with Crippen molar-refractivity contribution in [3.8, 4) is 0 Å². The third kappa shape index (κ3) is 2.38. The fourth-order valence-corrected chi connectivity index (χ4v) is 3.17. The maximum atomic E-state index is 3.62. The van der Waals surface area contributed by atoms with E-state index < -0.39 is 0 Å². The lowest BCUT2D eigenvalue weighted by Crippen LogP contribution is -2.35. The molecule has 1 aromatic carbocycles. The second-order valence-electron chi connectivity index (χ2n) is 5.54. The molecule has 3 nitrogen and oxygen atoms in total. The van der Waals surface area contributed by atoms with Crippen molar-refractivity contribution in [1.29, 1.82) is 0 Å². The molecule has 3 heteroatoms. The van der Waals surface area contributed by atoms with Crippen LogP contribution in [-0.2, 0) is 13.0 Å². The number of anilines is 1. The van der Waals surface area contributed by atoms with E-state index in [0.29, 0.717) is 0 Å². The molecule has 98 valence electrons. The van der Waals surface area contributed by atoms with E-state index in [1.807, 2.05) is 0 Å². The molecule has 1 aromatic rings. The van der Waals surface area contributed by atoms with Gasteiger partial charge in [0.25, 0.3) is 0 Å². The average Bonchev–Trinajstić information content (AvgIpc) is 2.99. The normalized spacial score (nSPS) is 23.1. The first kappa shape index (κ1) is 12.0. The van der Waals surface area contributed by atoms with Gasteiger partial charge in [-0.2, -0.15) is 0 Å². The maximum absolute atomic E-state index is 3.62. The SMILES string of the molecule is CN1CCCC1CNCc1cccc2c1NCC2. The van der Waals surface area contributed by atoms with Crippen LogP contribution >= 0.6 is 0 Å². The van der Waals surface area contributed by atoms with Crippen molar-refractivity contribution in [2.24, 2.45) is 0 Å². The van der Waals surface area contributed by atoms with E-state index in [1.165, 1.54) is 42.6 Å². The van der Waals surface area contributed by atoms with Gasteiger partial charge in [-0.1, -0.05) is 18.2 Å². The second kappa shape index (κ2) is 5.29. The highest BCUT2D eigenvalue weighted by atomic mass is 15.2. The molecule has 1 fully saturated rings. The van der Waals surface area contributed by atoms with Crippen molar-refractivity contribution in [1.82, 2.24) is 10.2 Å². The van der Waals surface area contributed by atoms with Crippen LogP contribution in [0.1, 0.15) is 24.0 Å². The number of hydrogen-bond acceptors (Lipinski definition) is 3. The molecule has 2 aliphatic heterocycles. The van der Waals surface area contributed by atoms with Gasteiger partial charge in [-0.05, 0) is 44.0 Å². The van der Waals surface area contributed by atoms with Crippen molar-refractivity contribution < 1.29 is 0 Å². The first-order valence-electron chi connectivity index (χ1n) is 7.10. The monoisotopic (exact) mass is 245 g/mol. The van der Waals surface area contributed by atoms with Crippen LogP contribution in [-0.4, -0.2) is 37.6 Å². The molecular weight excluding hydrogens is 222 g/mol. The summed E-state index contributed by atoms with van der Waals surface area (Å²) in [5.41, 5.74) is 4.28. The number of nitrogens with one attached hydrogen (secondary N) is 2. The summed E-state index contributed by atoms with van der Waals surface area (Å²) in [6, 6.07) is 7.39. The van der Waals surface area contributed by atoms with E-state index in [4.69, 9.17) is 0 Å². The zero-order chi connectivity index (χ0) is 12.4. The Morgan fingerprint density at radius 3 is 3.22 bits per heavy atom. The lowest BCUT2D eigenvalue weighted by molar-refractivity contribution is 0.300. The maximum Gasteiger partial charge on any atom is 0.0419 e. The Bertz CT molecular complexity index is 416. The van der Waals surface area contributed by atoms with Crippen LogP contribution < -0.4 is 10.6 Å². The van der Waals surface area contributed by atoms with Gasteiger partial charge < -0.3 is 15.5 Å². The van der Waals surface area contributed by atoms with E-state index >= 15 is 0 Å². The van der Waals surface area contributed by atoms with Gasteiger partial charge in [-0.15, -0.1) is 0 Å². The number of fused-ring (bicyclic) bond motifs is 1. The molecule has 0 radical (unpaired) electrons. The largest absolute Gasteiger partial charge is 0.384 e. The van der Waals surface area contributed by atoms with E-state index in [1.54, 1.807) is 0 Å². The number of hydrogen-bond donors (Lipinski definition) is 2. The molecule has 2 aliphatic rings. The molecule has 0 saturated carbocycles. The zero-order valence-corrected chi connectivity index (χ0v) is 11.2. The summed E-state index contributed by atoms with van der Waals surface area (Å²) in [4.78, 5) is 2.47. The van der Waals surface area contributed by atoms with Crippen molar-refractivity contribution in [3.63, 3.8) is 0 Å². The topological polar surface area (TPSA) is 27.3 Å². The lowest BCUT2D eigenvalue weighted by Gasteiger charge is -2.20. The minimum absolute atomic E-state index is 0.731. The van der Waals surface area contributed by atoms with E-state index in [-0.39, 0.29) is 0 Å². The number of nitrogens with zero attached hydrogens (tertiary/aromatic N) is 1. The summed E-state index contributed by atoms with van der Waals surface area (Å²) in [6.45, 7) is 4.45. The van der Waals surface area contributed by atoms with Crippen LogP contribution in [0, 0.1) is 0 Å². The third-order valence-electron chi connectivity index (χ3n) is 4.30. The highest BCUT2D eigenvalue weighted by molar-refractivity contribution is 5.61. The molecule has 1 unspecified atom stereocenters. The standard InChI is InChI=1S/C15H23N3/c1-18-9-3-6-14(18)11-16-10-13-5-2-4-12-7-8-17-15(12)13/h2,4-5,14,16-17H,3,6-11H2,1H3. The fourth-order valence-electron chi connectivity index (χ4n) is 3.17. The average molecular weight is 245 g/mol. The summed E-state index contributed by atoms with van der Waals surface area (Å²) < 4.78 is 0. The Morgan fingerprint density at radius 2 is 2.39 bits per heavy atom. The Kier molecular flexibility index (Phi) is 3.52. The van der Waals surface area contributed by atoms with Crippen molar-refractivity contribution >= 4 is 5.69 Å². The number of benzene rings is 1. The highest BCUT2D eigenvalue weighted by Gasteiger charge is 2.20. The molecular formula is C15H23N3. The van der Waals surface area contributed by atoms with Crippen LogP contribution in [0.5, 0.6) is 0 Å². The quantitative estimate of drug-likeness (QED) is 0.847. The van der Waals surface area contributed by atoms with Gasteiger partial charge in [-0.25, -0.2) is 0 Å². The first-order valence-corrected chi connectivity index (χ1v) is 7.10. The molecule has 3 rings (SSSR count). The van der Waals surface area contributed by atoms with Gasteiger partial charge >= 0.3 is 0 Å². The van der Waals surface area contributed by atoms with Crippen LogP contribution in [0.15, 0.2) is 18.2 Å². The summed E-state index contributed by atoms with van der Waals surface area (Å²) in [6.07, 6.45) is 3.87. The summed E-state index contributed by atoms with van der Waals surface area (Å²) in [5, 5.41) is 7.13. The van der Waals surface area contributed by atoms with Gasteiger partial charge in [0.05, 0.1) is 0 Å². The second-order valence-corrected chi connectivity index (χ2v) is 5.54. The summed E-state index contributed by atoms with van der Waals surface area (Å²) in [7, 11) is 2.24. The van der Waals surface area contributed by atoms with E-state index in [9.17, 15) is 0 Å². The van der Waals surface area contributed by atoms with E-state index in [0.717, 1.165) is 25.7 Å². The van der Waals surface area contributed by atoms with Gasteiger partial charge in [0.15, 0.2) is 0 Å². The summed E-state index contributed by atoms with van der Waals surface area (Å²) in [5.74, 6) is 0. The van der Waals surface area contributed by atoms with Crippen molar-refractivity contribution in [2.75, 3.05) is 32.0 Å². The van der Waals surface area contributed by atoms with Crippen molar-refractivity contribution in [2.45, 2.75) is 31.8 Å². The molecule has 18 heavy (non-hydrogen) atoms. The lowest BCUT2D eigenvalue weighted by atomic mass is 10.1. The molecule has 1 atom stereocenters. The molecule has 0 amide bonds. The third-order valence-corrected chi connectivity index (χ3v) is 4.30. The van der Waals surface area contributed by atoms with Crippen molar-refractivity contribution in [3.05, 3.63) is 29.3 Å². The van der Waals surface area contributed by atoms with Gasteiger partial charge in [0, 0.05) is 31.4 Å². The molecule has 0 bridgehead atoms. The molecule has 0 aromatic heterocycles. The van der Waals surface area contributed by atoms with Gasteiger partial charge in [0.2, 0.25) is 0 Å². The minimum Gasteiger partial charge on any atom is -0.384 e. The fraction of sp³-hybridized carbons (Fsp3) is 0.600. The molecule has 0 aliphatic carbocycles. The van der Waals surface area contributed by atoms with Crippen LogP contribution in [0.2, 0.25) is 0 Å². The predicted octanol–water partition coefficient (Wildman–Crippen LogP) is 1.84. The Hall–Kier alpha value is -1.06. The van der Waals surface area contributed by atoms with Crippen LogP contribution in [0.4, 0.5) is 5.69 Å². The van der Waals surface area contributed by atoms with E-state index in [2.05, 4.69) is 40.8 Å². The number of likely N-dealkylation sites (tertiary alicyclic amines) is 1.